The van der Waals surface area contributed by atoms with E-state index in [0.717, 1.165) is 6.26 Å². The second-order valence-corrected chi connectivity index (χ2v) is 8.89. The molecule has 14 heavy (non-hydrogen) atoms. The summed E-state index contributed by atoms with van der Waals surface area (Å²) in [5.74, 6) is 0. The average molecular weight is 287 g/mol. The molecule has 86 valence electrons. The van der Waals surface area contributed by atoms with Crippen molar-refractivity contribution in [2.45, 2.75) is 43.9 Å². The minimum absolute atomic E-state index is 0.338. The molecule has 0 unspecified atom stereocenters. The van der Waals surface area contributed by atoms with E-state index in [0.29, 0.717) is 6.42 Å². The van der Waals surface area contributed by atoms with Crippen molar-refractivity contribution in [1.82, 2.24) is 0 Å². The molecule has 5 heteroatoms. The van der Waals surface area contributed by atoms with Crippen LogP contribution in [0.1, 0.15) is 34.1 Å². The summed E-state index contributed by atoms with van der Waals surface area (Å²) in [4.78, 5) is 0. The first-order valence-electron chi connectivity index (χ1n) is 4.53. The zero-order chi connectivity index (χ0) is 11.8. The minimum Gasteiger partial charge on any atom is -0.390 e. The van der Waals surface area contributed by atoms with Gasteiger partial charge in [-0.15, -0.1) is 0 Å². The third-order valence-electron chi connectivity index (χ3n) is 2.33. The molecule has 0 saturated carbocycles. The Hall–Kier alpha value is 0.390. The molecule has 0 bridgehead atoms. The molecule has 0 saturated heterocycles. The zero-order valence-corrected chi connectivity index (χ0v) is 11.7. The Labute approximate surface area is 94.9 Å². The molecule has 0 aliphatic rings. The maximum absolute atomic E-state index is 11.6. The molecule has 0 aromatic rings. The van der Waals surface area contributed by atoms with Crippen LogP contribution in [0.2, 0.25) is 0 Å². The smallest absolute Gasteiger partial charge is 0.165 e. The molecule has 0 radical (unpaired) electrons. The van der Waals surface area contributed by atoms with Gasteiger partial charge in [-0.05, 0) is 11.8 Å². The van der Waals surface area contributed by atoms with Gasteiger partial charge in [0.25, 0.3) is 0 Å². The molecule has 0 aromatic carbocycles. The fourth-order valence-corrected chi connectivity index (χ4v) is 3.28. The highest BCUT2D eigenvalue weighted by molar-refractivity contribution is 9.11. The van der Waals surface area contributed by atoms with Crippen LogP contribution in [0, 0.1) is 5.41 Å². The molecule has 0 fully saturated rings. The number of aliphatic hydroxyl groups is 1. The van der Waals surface area contributed by atoms with E-state index in [2.05, 4.69) is 15.9 Å². The molecular formula is C9H19BrO3S. The summed E-state index contributed by atoms with van der Waals surface area (Å²) in [6.45, 7) is 7.18. The lowest BCUT2D eigenvalue weighted by atomic mass is 9.86. The van der Waals surface area contributed by atoms with E-state index in [1.54, 1.807) is 6.92 Å². The summed E-state index contributed by atoms with van der Waals surface area (Å²) >= 11 is 3.17. The summed E-state index contributed by atoms with van der Waals surface area (Å²) in [5, 5.41) is 10.0. The number of halogens is 1. The third-order valence-corrected chi connectivity index (χ3v) is 6.83. The largest absolute Gasteiger partial charge is 0.390 e. The molecular weight excluding hydrogens is 268 g/mol. The zero-order valence-electron chi connectivity index (χ0n) is 9.33. The van der Waals surface area contributed by atoms with Gasteiger partial charge in [0, 0.05) is 6.26 Å². The van der Waals surface area contributed by atoms with Crippen molar-refractivity contribution in [3.8, 4) is 0 Å². The van der Waals surface area contributed by atoms with Crippen molar-refractivity contribution in [2.75, 3.05) is 6.26 Å². The molecule has 1 N–H and O–H groups in total. The van der Waals surface area contributed by atoms with E-state index in [1.165, 1.54) is 0 Å². The van der Waals surface area contributed by atoms with Crippen LogP contribution in [-0.4, -0.2) is 29.5 Å². The SMILES string of the molecule is CC[C@@](Br)([C@@H](O)C(C)(C)C)S(C)(=O)=O. The van der Waals surface area contributed by atoms with Crippen LogP contribution in [0.4, 0.5) is 0 Å². The number of rotatable bonds is 3. The van der Waals surface area contributed by atoms with E-state index < -0.39 is 25.0 Å². The summed E-state index contributed by atoms with van der Waals surface area (Å²) in [5.41, 5.74) is -0.470. The fourth-order valence-electron chi connectivity index (χ4n) is 1.30. The van der Waals surface area contributed by atoms with Crippen LogP contribution in [0.5, 0.6) is 0 Å². The van der Waals surface area contributed by atoms with Crippen LogP contribution in [0.3, 0.4) is 0 Å². The number of alkyl halides is 1. The highest BCUT2D eigenvalue weighted by Crippen LogP contribution is 2.40. The maximum Gasteiger partial charge on any atom is 0.165 e. The van der Waals surface area contributed by atoms with Crippen molar-refractivity contribution >= 4 is 25.8 Å². The summed E-state index contributed by atoms with van der Waals surface area (Å²) in [7, 11) is -3.33. The van der Waals surface area contributed by atoms with Crippen molar-refractivity contribution in [3.63, 3.8) is 0 Å². The van der Waals surface area contributed by atoms with Gasteiger partial charge in [0.2, 0.25) is 0 Å². The summed E-state index contributed by atoms with van der Waals surface area (Å²) in [6.07, 6.45) is 0.541. The maximum atomic E-state index is 11.6. The van der Waals surface area contributed by atoms with Crippen LogP contribution in [0.15, 0.2) is 0 Å². The first-order valence-corrected chi connectivity index (χ1v) is 7.22. The van der Waals surface area contributed by atoms with E-state index in [1.807, 2.05) is 20.8 Å². The van der Waals surface area contributed by atoms with Crippen molar-refractivity contribution in [1.29, 1.82) is 0 Å². The molecule has 0 heterocycles. The number of sulfone groups is 1. The van der Waals surface area contributed by atoms with E-state index in [9.17, 15) is 13.5 Å². The van der Waals surface area contributed by atoms with E-state index >= 15 is 0 Å². The van der Waals surface area contributed by atoms with Crippen LogP contribution >= 0.6 is 15.9 Å². The van der Waals surface area contributed by atoms with E-state index in [-0.39, 0.29) is 0 Å². The summed E-state index contributed by atoms with van der Waals surface area (Å²) < 4.78 is 21.9. The highest BCUT2D eigenvalue weighted by atomic mass is 79.9. The second kappa shape index (κ2) is 4.10. The van der Waals surface area contributed by atoms with Gasteiger partial charge in [-0.1, -0.05) is 43.6 Å². The lowest BCUT2D eigenvalue weighted by molar-refractivity contribution is 0.0510. The third kappa shape index (κ3) is 2.70. The van der Waals surface area contributed by atoms with Gasteiger partial charge in [-0.3, -0.25) is 0 Å². The van der Waals surface area contributed by atoms with Crippen molar-refractivity contribution in [2.24, 2.45) is 5.41 Å². The molecule has 0 aromatic heterocycles. The number of hydrogen-bond donors (Lipinski definition) is 1. The van der Waals surface area contributed by atoms with Gasteiger partial charge in [-0.2, -0.15) is 0 Å². The van der Waals surface area contributed by atoms with Crippen LogP contribution < -0.4 is 0 Å². The normalized spacial score (nSPS) is 20.2. The van der Waals surface area contributed by atoms with Crippen LogP contribution in [0.25, 0.3) is 0 Å². The highest BCUT2D eigenvalue weighted by Gasteiger charge is 2.48. The Morgan fingerprint density at radius 1 is 1.36 bits per heavy atom. The van der Waals surface area contributed by atoms with Crippen molar-refractivity contribution in [3.05, 3.63) is 0 Å². The average Bonchev–Trinajstić information content (AvgIpc) is 1.97. The van der Waals surface area contributed by atoms with E-state index in [4.69, 9.17) is 0 Å². The molecule has 0 aliphatic heterocycles. The molecule has 0 spiro atoms. The van der Waals surface area contributed by atoms with Gasteiger partial charge in [-0.25, -0.2) is 8.42 Å². The Morgan fingerprint density at radius 3 is 1.79 bits per heavy atom. The Balaban J connectivity index is 5.29. The van der Waals surface area contributed by atoms with Gasteiger partial charge >= 0.3 is 0 Å². The Bertz CT molecular complexity index is 292. The quantitative estimate of drug-likeness (QED) is 0.807. The first-order chi connectivity index (χ1) is 5.97. The predicted octanol–water partition coefficient (Wildman–Crippen LogP) is 1.94. The monoisotopic (exact) mass is 286 g/mol. The van der Waals surface area contributed by atoms with Gasteiger partial charge in [0.15, 0.2) is 13.5 Å². The molecule has 0 amide bonds. The topological polar surface area (TPSA) is 54.4 Å². The van der Waals surface area contributed by atoms with Gasteiger partial charge < -0.3 is 5.11 Å². The Morgan fingerprint density at radius 2 is 1.71 bits per heavy atom. The van der Waals surface area contributed by atoms with Gasteiger partial charge in [0.05, 0.1) is 6.10 Å². The molecule has 0 rings (SSSR count). The standard InChI is InChI=1S/C9H19BrO3S/c1-6-9(10,14(5,12)13)7(11)8(2,3)4/h7,11H,6H2,1-5H3/t7-,9-/m0/s1. The minimum atomic E-state index is -3.33. The van der Waals surface area contributed by atoms with Crippen LogP contribution in [-0.2, 0) is 9.84 Å². The lowest BCUT2D eigenvalue weighted by Crippen LogP contribution is -2.49. The first kappa shape index (κ1) is 14.4. The second-order valence-electron chi connectivity index (χ2n) is 4.68. The Kier molecular flexibility index (Phi) is 4.21. The molecule has 0 aliphatic carbocycles. The van der Waals surface area contributed by atoms with Crippen molar-refractivity contribution < 1.29 is 13.5 Å². The number of aliphatic hydroxyl groups excluding tert-OH is 1. The predicted molar refractivity (Wildman–Crippen MR) is 62.3 cm³/mol. The fraction of sp³-hybridized carbons (Fsp3) is 1.00. The number of hydrogen-bond acceptors (Lipinski definition) is 3. The molecule has 2 atom stereocenters. The lowest BCUT2D eigenvalue weighted by Gasteiger charge is -2.37. The molecule has 3 nitrogen and oxygen atoms in total. The van der Waals surface area contributed by atoms with Gasteiger partial charge in [0.1, 0.15) is 0 Å². The summed E-state index contributed by atoms with van der Waals surface area (Å²) in [6, 6.07) is 0.